The van der Waals surface area contributed by atoms with Crippen LogP contribution in [0.15, 0.2) is 18.5 Å². The molecule has 0 amide bonds. The molecule has 1 heterocycles. The van der Waals surface area contributed by atoms with Gasteiger partial charge in [0.05, 0.1) is 6.04 Å². The maximum Gasteiger partial charge on any atom is 0.0670 e. The lowest BCUT2D eigenvalue weighted by atomic mass is 9.93. The van der Waals surface area contributed by atoms with Crippen LogP contribution >= 0.6 is 0 Å². The first kappa shape index (κ1) is 9.71. The van der Waals surface area contributed by atoms with Gasteiger partial charge < -0.3 is 5.73 Å². The Hall–Kier alpha value is -0.830. The van der Waals surface area contributed by atoms with Crippen LogP contribution in [0.3, 0.4) is 0 Å². The standard InChI is InChI=1S/C11H19N3/c12-10-6-3-1-2-4-7-11(10)14-9-5-8-13-14/h5,8-11H,1-4,6-7,12H2. The van der Waals surface area contributed by atoms with Crippen molar-refractivity contribution in [1.82, 2.24) is 9.78 Å². The van der Waals surface area contributed by atoms with E-state index in [-0.39, 0.29) is 6.04 Å². The Labute approximate surface area is 85.3 Å². The Morgan fingerprint density at radius 1 is 1.14 bits per heavy atom. The highest BCUT2D eigenvalue weighted by atomic mass is 15.3. The number of hydrogen-bond acceptors (Lipinski definition) is 2. The maximum atomic E-state index is 6.18. The van der Waals surface area contributed by atoms with E-state index in [2.05, 4.69) is 5.10 Å². The minimum atomic E-state index is 0.287. The molecule has 2 unspecified atom stereocenters. The number of rotatable bonds is 1. The molecule has 1 aromatic rings. The summed E-state index contributed by atoms with van der Waals surface area (Å²) in [6.07, 6.45) is 11.5. The summed E-state index contributed by atoms with van der Waals surface area (Å²) in [4.78, 5) is 0. The van der Waals surface area contributed by atoms with Gasteiger partial charge in [-0.3, -0.25) is 4.68 Å². The van der Waals surface area contributed by atoms with Crippen LogP contribution in [0.25, 0.3) is 0 Å². The van der Waals surface area contributed by atoms with E-state index in [0.29, 0.717) is 6.04 Å². The summed E-state index contributed by atoms with van der Waals surface area (Å²) in [5, 5.41) is 4.30. The predicted octanol–water partition coefficient (Wildman–Crippen LogP) is 2.11. The largest absolute Gasteiger partial charge is 0.326 e. The number of hydrogen-bond donors (Lipinski definition) is 1. The van der Waals surface area contributed by atoms with E-state index in [1.54, 1.807) is 0 Å². The van der Waals surface area contributed by atoms with Crippen molar-refractivity contribution in [3.8, 4) is 0 Å². The van der Waals surface area contributed by atoms with Crippen LogP contribution in [0.2, 0.25) is 0 Å². The second kappa shape index (κ2) is 4.60. The van der Waals surface area contributed by atoms with Crippen molar-refractivity contribution in [2.75, 3.05) is 0 Å². The Morgan fingerprint density at radius 2 is 1.93 bits per heavy atom. The molecule has 1 fully saturated rings. The average molecular weight is 193 g/mol. The van der Waals surface area contributed by atoms with E-state index in [0.717, 1.165) is 6.42 Å². The molecule has 0 aliphatic heterocycles. The minimum absolute atomic E-state index is 0.287. The van der Waals surface area contributed by atoms with Gasteiger partial charge in [-0.05, 0) is 18.9 Å². The highest BCUT2D eigenvalue weighted by Gasteiger charge is 2.20. The van der Waals surface area contributed by atoms with Crippen LogP contribution in [-0.4, -0.2) is 15.8 Å². The van der Waals surface area contributed by atoms with Gasteiger partial charge in [0.15, 0.2) is 0 Å². The van der Waals surface area contributed by atoms with E-state index in [1.807, 2.05) is 23.1 Å². The van der Waals surface area contributed by atoms with E-state index in [1.165, 1.54) is 32.1 Å². The van der Waals surface area contributed by atoms with Crippen LogP contribution < -0.4 is 5.73 Å². The van der Waals surface area contributed by atoms with Crippen LogP contribution in [-0.2, 0) is 0 Å². The summed E-state index contributed by atoms with van der Waals surface area (Å²) < 4.78 is 2.04. The summed E-state index contributed by atoms with van der Waals surface area (Å²) in [5.41, 5.74) is 6.18. The molecular formula is C11H19N3. The van der Waals surface area contributed by atoms with Crippen LogP contribution in [0, 0.1) is 0 Å². The Morgan fingerprint density at radius 3 is 2.64 bits per heavy atom. The normalized spacial score (nSPS) is 29.5. The first-order valence-corrected chi connectivity index (χ1v) is 5.62. The fourth-order valence-corrected chi connectivity index (χ4v) is 2.30. The zero-order valence-electron chi connectivity index (χ0n) is 8.60. The van der Waals surface area contributed by atoms with Gasteiger partial charge in [0.25, 0.3) is 0 Å². The second-order valence-electron chi connectivity index (χ2n) is 4.21. The van der Waals surface area contributed by atoms with Crippen molar-refractivity contribution >= 4 is 0 Å². The fraction of sp³-hybridized carbons (Fsp3) is 0.727. The summed E-state index contributed by atoms with van der Waals surface area (Å²) in [5.74, 6) is 0. The topological polar surface area (TPSA) is 43.8 Å². The van der Waals surface area contributed by atoms with Gasteiger partial charge in [-0.15, -0.1) is 0 Å². The van der Waals surface area contributed by atoms with Gasteiger partial charge >= 0.3 is 0 Å². The molecule has 2 atom stereocenters. The lowest BCUT2D eigenvalue weighted by molar-refractivity contribution is 0.306. The molecule has 0 spiro atoms. The predicted molar refractivity (Wildman–Crippen MR) is 56.9 cm³/mol. The number of nitrogens with two attached hydrogens (primary N) is 1. The van der Waals surface area contributed by atoms with Crippen molar-refractivity contribution in [2.45, 2.75) is 50.6 Å². The van der Waals surface area contributed by atoms with Crippen LogP contribution in [0.4, 0.5) is 0 Å². The number of aromatic nitrogens is 2. The van der Waals surface area contributed by atoms with Crippen LogP contribution in [0.5, 0.6) is 0 Å². The number of nitrogens with zero attached hydrogens (tertiary/aromatic N) is 2. The molecule has 3 heteroatoms. The molecule has 0 saturated heterocycles. The van der Waals surface area contributed by atoms with Gasteiger partial charge in [0.1, 0.15) is 0 Å². The van der Waals surface area contributed by atoms with Gasteiger partial charge in [-0.1, -0.05) is 25.7 Å². The fourth-order valence-electron chi connectivity index (χ4n) is 2.30. The summed E-state index contributed by atoms with van der Waals surface area (Å²) >= 11 is 0. The highest BCUT2D eigenvalue weighted by molar-refractivity contribution is 4.86. The molecule has 0 bridgehead atoms. The average Bonchev–Trinajstić information content (AvgIpc) is 2.65. The highest BCUT2D eigenvalue weighted by Crippen LogP contribution is 2.24. The van der Waals surface area contributed by atoms with Gasteiger partial charge in [-0.2, -0.15) is 5.10 Å². The van der Waals surface area contributed by atoms with Crippen LogP contribution in [0.1, 0.15) is 44.6 Å². The van der Waals surface area contributed by atoms with Crippen molar-refractivity contribution < 1.29 is 0 Å². The Balaban J connectivity index is 2.06. The monoisotopic (exact) mass is 193 g/mol. The molecule has 0 aromatic carbocycles. The van der Waals surface area contributed by atoms with E-state index in [9.17, 15) is 0 Å². The van der Waals surface area contributed by atoms with Crippen molar-refractivity contribution in [2.24, 2.45) is 5.73 Å². The van der Waals surface area contributed by atoms with Crippen molar-refractivity contribution in [3.05, 3.63) is 18.5 Å². The summed E-state index contributed by atoms with van der Waals surface area (Å²) in [7, 11) is 0. The van der Waals surface area contributed by atoms with Gasteiger partial charge in [0.2, 0.25) is 0 Å². The molecule has 2 rings (SSSR count). The molecule has 0 radical (unpaired) electrons. The van der Waals surface area contributed by atoms with Gasteiger partial charge in [-0.25, -0.2) is 0 Å². The van der Waals surface area contributed by atoms with Crippen molar-refractivity contribution in [1.29, 1.82) is 0 Å². The van der Waals surface area contributed by atoms with E-state index < -0.39 is 0 Å². The molecular weight excluding hydrogens is 174 g/mol. The third-order valence-corrected chi connectivity index (χ3v) is 3.15. The van der Waals surface area contributed by atoms with E-state index in [4.69, 9.17) is 5.73 Å². The molecule has 2 N–H and O–H groups in total. The molecule has 3 nitrogen and oxygen atoms in total. The molecule has 1 aliphatic rings. The SMILES string of the molecule is NC1CCCCCCC1n1cccn1. The zero-order chi connectivity index (χ0) is 9.80. The molecule has 1 aliphatic carbocycles. The molecule has 14 heavy (non-hydrogen) atoms. The summed E-state index contributed by atoms with van der Waals surface area (Å²) in [6, 6.07) is 2.69. The first-order valence-electron chi connectivity index (χ1n) is 5.62. The third-order valence-electron chi connectivity index (χ3n) is 3.15. The lowest BCUT2D eigenvalue weighted by Gasteiger charge is -2.26. The van der Waals surface area contributed by atoms with Gasteiger partial charge in [0, 0.05) is 18.4 Å². The third kappa shape index (κ3) is 2.15. The quantitative estimate of drug-likeness (QED) is 0.742. The smallest absolute Gasteiger partial charge is 0.0670 e. The molecule has 78 valence electrons. The zero-order valence-corrected chi connectivity index (χ0v) is 8.60. The van der Waals surface area contributed by atoms with E-state index >= 15 is 0 Å². The second-order valence-corrected chi connectivity index (χ2v) is 4.21. The minimum Gasteiger partial charge on any atom is -0.326 e. The molecule has 1 aromatic heterocycles. The Bertz CT molecular complexity index is 256. The Kier molecular flexibility index (Phi) is 3.19. The molecule has 1 saturated carbocycles. The van der Waals surface area contributed by atoms with Crippen molar-refractivity contribution in [3.63, 3.8) is 0 Å². The lowest BCUT2D eigenvalue weighted by Crippen LogP contribution is -2.33. The summed E-state index contributed by atoms with van der Waals surface area (Å²) in [6.45, 7) is 0. The first-order chi connectivity index (χ1) is 6.88. The maximum absolute atomic E-state index is 6.18.